The summed E-state index contributed by atoms with van der Waals surface area (Å²) in [4.78, 5) is 12.6. The van der Waals surface area contributed by atoms with Crippen LogP contribution >= 0.6 is 11.8 Å². The topological polar surface area (TPSA) is 46.5 Å². The van der Waals surface area contributed by atoms with Crippen LogP contribution in [0.2, 0.25) is 0 Å². The van der Waals surface area contributed by atoms with Crippen LogP contribution in [0.25, 0.3) is 11.6 Å². The molecule has 0 fully saturated rings. The van der Waals surface area contributed by atoms with Crippen LogP contribution < -0.4 is 4.74 Å². The first-order chi connectivity index (χ1) is 12.7. The molecule has 2 aromatic carbocycles. The fourth-order valence-corrected chi connectivity index (χ4v) is 5.16. The Morgan fingerprint density at radius 3 is 2.67 bits per heavy atom. The monoisotopic (exact) mass is 382 g/mol. The predicted octanol–water partition coefficient (Wildman–Crippen LogP) is 6.04. The first-order valence-corrected chi connectivity index (χ1v) is 10.1. The maximum Gasteiger partial charge on any atom is 0.335 e. The van der Waals surface area contributed by atoms with E-state index in [4.69, 9.17) is 4.74 Å². The molecule has 0 atom stereocenters. The second-order valence-electron chi connectivity index (χ2n) is 7.73. The van der Waals surface area contributed by atoms with Crippen molar-refractivity contribution in [3.8, 4) is 5.75 Å². The zero-order valence-electron chi connectivity index (χ0n) is 16.6. The highest BCUT2D eigenvalue weighted by molar-refractivity contribution is 7.99. The standard InChI is InChI=1S/C23H26O3S/c1-14(10-16-6-7-17(22(24)25)12-20(16)26-5)18-13-19-21(11-15(18)2)27-9-8-23(19,3)4/h6-7,10-13H,8-9H2,1-5H3,(H,24,25). The number of carboxylic acid groups (broad SMARTS) is 1. The number of aromatic carboxylic acids is 1. The molecule has 0 saturated heterocycles. The number of carboxylic acids is 1. The quantitative estimate of drug-likeness (QED) is 0.655. The van der Waals surface area contributed by atoms with Crippen molar-refractivity contribution >= 4 is 29.4 Å². The lowest BCUT2D eigenvalue weighted by molar-refractivity contribution is 0.0696. The Balaban J connectivity index is 2.06. The third-order valence-electron chi connectivity index (χ3n) is 5.32. The molecule has 27 heavy (non-hydrogen) atoms. The molecule has 3 nitrogen and oxygen atoms in total. The summed E-state index contributed by atoms with van der Waals surface area (Å²) in [6.45, 7) is 8.89. The first-order valence-electron chi connectivity index (χ1n) is 9.11. The van der Waals surface area contributed by atoms with Crippen molar-refractivity contribution in [3.05, 3.63) is 58.1 Å². The maximum absolute atomic E-state index is 11.2. The van der Waals surface area contributed by atoms with Crippen LogP contribution in [-0.2, 0) is 5.41 Å². The molecule has 142 valence electrons. The van der Waals surface area contributed by atoms with Crippen LogP contribution in [0.3, 0.4) is 0 Å². The van der Waals surface area contributed by atoms with Gasteiger partial charge in [-0.2, -0.15) is 0 Å². The summed E-state index contributed by atoms with van der Waals surface area (Å²) in [6, 6.07) is 9.63. The van der Waals surface area contributed by atoms with Crippen LogP contribution in [0.5, 0.6) is 5.75 Å². The Bertz CT molecular complexity index is 925. The number of aryl methyl sites for hydroxylation is 1. The summed E-state index contributed by atoms with van der Waals surface area (Å²) in [5.74, 6) is 0.785. The Morgan fingerprint density at radius 2 is 2.00 bits per heavy atom. The van der Waals surface area contributed by atoms with E-state index in [0.717, 1.165) is 11.1 Å². The highest BCUT2D eigenvalue weighted by atomic mass is 32.2. The van der Waals surface area contributed by atoms with E-state index >= 15 is 0 Å². The lowest BCUT2D eigenvalue weighted by atomic mass is 9.80. The van der Waals surface area contributed by atoms with Gasteiger partial charge in [0.15, 0.2) is 0 Å². The summed E-state index contributed by atoms with van der Waals surface area (Å²) in [7, 11) is 1.57. The minimum atomic E-state index is -0.953. The van der Waals surface area contributed by atoms with Crippen molar-refractivity contribution in [2.45, 2.75) is 44.4 Å². The van der Waals surface area contributed by atoms with E-state index in [0.29, 0.717) is 5.75 Å². The van der Waals surface area contributed by atoms with Gasteiger partial charge in [-0.1, -0.05) is 19.9 Å². The van der Waals surface area contributed by atoms with Crippen molar-refractivity contribution in [2.75, 3.05) is 12.9 Å². The summed E-state index contributed by atoms with van der Waals surface area (Å²) < 4.78 is 5.42. The maximum atomic E-state index is 11.2. The molecule has 0 spiro atoms. The van der Waals surface area contributed by atoms with Crippen LogP contribution in [-0.4, -0.2) is 23.9 Å². The van der Waals surface area contributed by atoms with Gasteiger partial charge in [0.2, 0.25) is 0 Å². The minimum absolute atomic E-state index is 0.185. The van der Waals surface area contributed by atoms with E-state index < -0.39 is 5.97 Å². The minimum Gasteiger partial charge on any atom is -0.496 e. The zero-order chi connectivity index (χ0) is 19.8. The molecule has 1 N–H and O–H groups in total. The number of rotatable bonds is 4. The highest BCUT2D eigenvalue weighted by Crippen LogP contribution is 2.43. The number of carbonyl (C=O) groups is 1. The third kappa shape index (κ3) is 3.91. The molecular weight excluding hydrogens is 356 g/mol. The van der Waals surface area contributed by atoms with Crippen molar-refractivity contribution < 1.29 is 14.6 Å². The average molecular weight is 383 g/mol. The third-order valence-corrected chi connectivity index (χ3v) is 6.37. The number of benzene rings is 2. The summed E-state index contributed by atoms with van der Waals surface area (Å²) in [5, 5.41) is 9.18. The zero-order valence-corrected chi connectivity index (χ0v) is 17.4. The normalized spacial score (nSPS) is 16.0. The van der Waals surface area contributed by atoms with Crippen molar-refractivity contribution in [2.24, 2.45) is 0 Å². The number of thioether (sulfide) groups is 1. The molecule has 0 bridgehead atoms. The van der Waals surface area contributed by atoms with Crippen LogP contribution in [0.1, 0.15) is 59.8 Å². The molecular formula is C23H26O3S. The van der Waals surface area contributed by atoms with Gasteiger partial charge < -0.3 is 9.84 Å². The van der Waals surface area contributed by atoms with Gasteiger partial charge in [0.05, 0.1) is 12.7 Å². The first kappa shape index (κ1) is 19.6. The van der Waals surface area contributed by atoms with Crippen molar-refractivity contribution in [1.82, 2.24) is 0 Å². The fourth-order valence-electron chi connectivity index (χ4n) is 3.58. The molecule has 0 aliphatic carbocycles. The number of ether oxygens (including phenoxy) is 1. The molecule has 4 heteroatoms. The van der Waals surface area contributed by atoms with Crippen molar-refractivity contribution in [1.29, 1.82) is 0 Å². The molecule has 1 aliphatic heterocycles. The molecule has 3 rings (SSSR count). The predicted molar refractivity (Wildman–Crippen MR) is 113 cm³/mol. The molecule has 0 saturated carbocycles. The van der Waals surface area contributed by atoms with E-state index in [1.54, 1.807) is 25.3 Å². The van der Waals surface area contributed by atoms with Gasteiger partial charge in [-0.05, 0) is 84.0 Å². The Hall–Kier alpha value is -2.20. The Kier molecular flexibility index (Phi) is 5.38. The summed E-state index contributed by atoms with van der Waals surface area (Å²) in [6.07, 6.45) is 3.25. The van der Waals surface area contributed by atoms with Crippen LogP contribution in [0, 0.1) is 6.92 Å². The number of methoxy groups -OCH3 is 1. The SMILES string of the molecule is COc1cc(C(=O)O)ccc1C=C(C)c1cc2c(cc1C)SCCC2(C)C. The van der Waals surface area contributed by atoms with E-state index in [-0.39, 0.29) is 11.0 Å². The van der Waals surface area contributed by atoms with Crippen LogP contribution in [0.15, 0.2) is 35.2 Å². The van der Waals surface area contributed by atoms with Gasteiger partial charge in [0.25, 0.3) is 0 Å². The molecule has 0 amide bonds. The van der Waals surface area contributed by atoms with Gasteiger partial charge in [0.1, 0.15) is 5.75 Å². The number of fused-ring (bicyclic) bond motifs is 1. The molecule has 1 aliphatic rings. The average Bonchev–Trinajstić information content (AvgIpc) is 2.60. The Labute approximate surface area is 165 Å². The summed E-state index contributed by atoms with van der Waals surface area (Å²) in [5.41, 5.74) is 6.34. The van der Waals surface area contributed by atoms with E-state index in [1.165, 1.54) is 33.8 Å². The molecule has 0 aromatic heterocycles. The number of hydrogen-bond acceptors (Lipinski definition) is 3. The van der Waals surface area contributed by atoms with E-state index in [2.05, 4.69) is 45.9 Å². The molecule has 2 aromatic rings. The lowest BCUT2D eigenvalue weighted by Gasteiger charge is -2.33. The number of allylic oxidation sites excluding steroid dienone is 1. The largest absolute Gasteiger partial charge is 0.496 e. The summed E-state index contributed by atoms with van der Waals surface area (Å²) >= 11 is 1.94. The second-order valence-corrected chi connectivity index (χ2v) is 8.87. The van der Waals surface area contributed by atoms with Gasteiger partial charge in [-0.15, -0.1) is 11.8 Å². The van der Waals surface area contributed by atoms with E-state index in [1.807, 2.05) is 11.8 Å². The van der Waals surface area contributed by atoms with E-state index in [9.17, 15) is 9.90 Å². The van der Waals surface area contributed by atoms with Gasteiger partial charge in [-0.3, -0.25) is 0 Å². The van der Waals surface area contributed by atoms with Crippen molar-refractivity contribution in [3.63, 3.8) is 0 Å². The lowest BCUT2D eigenvalue weighted by Crippen LogP contribution is -2.23. The highest BCUT2D eigenvalue weighted by Gasteiger charge is 2.28. The van der Waals surface area contributed by atoms with Crippen LogP contribution in [0.4, 0.5) is 0 Å². The second kappa shape index (κ2) is 7.43. The Morgan fingerprint density at radius 1 is 1.26 bits per heavy atom. The van der Waals surface area contributed by atoms with Gasteiger partial charge >= 0.3 is 5.97 Å². The molecule has 1 heterocycles. The van der Waals surface area contributed by atoms with Gasteiger partial charge in [-0.25, -0.2) is 4.79 Å². The number of hydrogen-bond donors (Lipinski definition) is 1. The van der Waals surface area contributed by atoms with Gasteiger partial charge in [0, 0.05) is 10.5 Å². The molecule has 0 unspecified atom stereocenters. The molecule has 0 radical (unpaired) electrons. The fraction of sp³-hybridized carbons (Fsp3) is 0.348. The smallest absolute Gasteiger partial charge is 0.335 e.